The van der Waals surface area contributed by atoms with E-state index in [9.17, 15) is 14.4 Å². The van der Waals surface area contributed by atoms with Crippen molar-refractivity contribution in [3.05, 3.63) is 47.9 Å². The Kier molecular flexibility index (Phi) is 6.17. The molecule has 10 heteroatoms. The van der Waals surface area contributed by atoms with Crippen LogP contribution in [0.3, 0.4) is 0 Å². The van der Waals surface area contributed by atoms with E-state index in [1.165, 1.54) is 7.11 Å². The number of carbonyl (C=O) groups excluding carboxylic acids is 3. The molecule has 3 aromatic rings. The van der Waals surface area contributed by atoms with Gasteiger partial charge in [0, 0.05) is 31.2 Å². The number of esters is 1. The lowest BCUT2D eigenvalue weighted by Crippen LogP contribution is -2.48. The molecule has 2 aromatic heterocycles. The molecule has 1 fully saturated rings. The lowest BCUT2D eigenvalue weighted by atomic mass is 9.68. The van der Waals surface area contributed by atoms with Gasteiger partial charge in [0.25, 0.3) is 5.91 Å². The van der Waals surface area contributed by atoms with E-state index in [2.05, 4.69) is 15.2 Å². The predicted octanol–water partition coefficient (Wildman–Crippen LogP) is 0.198. The van der Waals surface area contributed by atoms with E-state index in [0.717, 1.165) is 33.9 Å². The SMILES string of the molecule is Bc1cccc(N(C)CC(=O)OC)c1C1(C=O)CCN(C(=O)c2cc3cn[nH]c3cn2)CC1. The van der Waals surface area contributed by atoms with Crippen molar-refractivity contribution < 1.29 is 19.1 Å². The van der Waals surface area contributed by atoms with Gasteiger partial charge in [-0.1, -0.05) is 17.6 Å². The number of ether oxygens (including phenoxy) is 1. The van der Waals surface area contributed by atoms with Crippen molar-refractivity contribution in [3.63, 3.8) is 0 Å². The molecule has 9 nitrogen and oxygen atoms in total. The molecule has 3 heterocycles. The molecule has 0 bridgehead atoms. The molecule has 33 heavy (non-hydrogen) atoms. The predicted molar refractivity (Wildman–Crippen MR) is 127 cm³/mol. The number of methoxy groups -OCH3 is 1. The third-order valence-corrected chi connectivity index (χ3v) is 6.47. The second kappa shape index (κ2) is 9.05. The lowest BCUT2D eigenvalue weighted by molar-refractivity contribution is -0.138. The van der Waals surface area contributed by atoms with E-state index >= 15 is 0 Å². The van der Waals surface area contributed by atoms with Gasteiger partial charge in [0.2, 0.25) is 0 Å². The fourth-order valence-corrected chi connectivity index (χ4v) is 4.62. The number of benzene rings is 1. The van der Waals surface area contributed by atoms with E-state index in [1.807, 2.05) is 33.1 Å². The number of rotatable bonds is 6. The summed E-state index contributed by atoms with van der Waals surface area (Å²) >= 11 is 0. The van der Waals surface area contributed by atoms with E-state index in [4.69, 9.17) is 4.74 Å². The number of nitrogens with zero attached hydrogens (tertiary/aromatic N) is 4. The number of amides is 1. The van der Waals surface area contributed by atoms with Gasteiger partial charge in [0.05, 0.1) is 30.4 Å². The molecule has 1 N–H and O–H groups in total. The average Bonchev–Trinajstić information content (AvgIpc) is 3.31. The number of carbonyl (C=O) groups is 3. The smallest absolute Gasteiger partial charge is 0.325 e. The number of fused-ring (bicyclic) bond motifs is 1. The highest BCUT2D eigenvalue weighted by molar-refractivity contribution is 6.34. The summed E-state index contributed by atoms with van der Waals surface area (Å²) < 4.78 is 4.81. The quantitative estimate of drug-likeness (QED) is 0.327. The first-order chi connectivity index (χ1) is 15.9. The summed E-state index contributed by atoms with van der Waals surface area (Å²) in [6, 6.07) is 7.52. The number of likely N-dealkylation sites (tertiary alicyclic amines) is 1. The molecule has 0 unspecified atom stereocenters. The topological polar surface area (TPSA) is 108 Å². The number of hydrogen-bond acceptors (Lipinski definition) is 7. The minimum Gasteiger partial charge on any atom is -0.468 e. The van der Waals surface area contributed by atoms with Crippen LogP contribution in [0.25, 0.3) is 10.9 Å². The molecule has 0 saturated carbocycles. The number of piperidine rings is 1. The molecule has 1 amide bonds. The van der Waals surface area contributed by atoms with Crippen LogP contribution in [0.2, 0.25) is 0 Å². The van der Waals surface area contributed by atoms with Crippen molar-refractivity contribution >= 4 is 48.1 Å². The van der Waals surface area contributed by atoms with Crippen LogP contribution in [0, 0.1) is 0 Å². The normalized spacial score (nSPS) is 15.3. The average molecular weight is 447 g/mol. The van der Waals surface area contributed by atoms with Crippen LogP contribution < -0.4 is 10.4 Å². The van der Waals surface area contributed by atoms with Crippen LogP contribution in [0.15, 0.2) is 36.7 Å². The van der Waals surface area contributed by atoms with Gasteiger partial charge < -0.3 is 19.3 Å². The van der Waals surface area contributed by atoms with Gasteiger partial charge in [-0.05, 0) is 30.5 Å². The van der Waals surface area contributed by atoms with Gasteiger partial charge >= 0.3 is 5.97 Å². The Morgan fingerprint density at radius 1 is 1.30 bits per heavy atom. The molecular weight excluding hydrogens is 421 g/mol. The van der Waals surface area contributed by atoms with Gasteiger partial charge in [-0.3, -0.25) is 14.7 Å². The van der Waals surface area contributed by atoms with E-state index in [0.29, 0.717) is 31.6 Å². The second-order valence-electron chi connectivity index (χ2n) is 8.49. The Hall–Kier alpha value is -3.69. The maximum atomic E-state index is 13.1. The van der Waals surface area contributed by atoms with Crippen LogP contribution in [-0.2, 0) is 19.7 Å². The van der Waals surface area contributed by atoms with Gasteiger partial charge in [-0.15, -0.1) is 0 Å². The zero-order chi connectivity index (χ0) is 23.6. The highest BCUT2D eigenvalue weighted by atomic mass is 16.5. The van der Waals surface area contributed by atoms with E-state index < -0.39 is 5.41 Å². The zero-order valence-electron chi connectivity index (χ0n) is 19.0. The summed E-state index contributed by atoms with van der Waals surface area (Å²) in [5.74, 6) is -0.516. The third kappa shape index (κ3) is 4.20. The minimum absolute atomic E-state index is 0.0780. The number of aldehydes is 1. The molecule has 0 aliphatic carbocycles. The van der Waals surface area contributed by atoms with Crippen molar-refractivity contribution in [1.29, 1.82) is 0 Å². The molecule has 0 spiro atoms. The number of pyridine rings is 1. The van der Waals surface area contributed by atoms with Gasteiger partial charge in [0.15, 0.2) is 0 Å². The summed E-state index contributed by atoms with van der Waals surface area (Å²) in [5.41, 5.74) is 3.08. The fraction of sp³-hybridized carbons (Fsp3) is 0.348. The lowest BCUT2D eigenvalue weighted by Gasteiger charge is -2.41. The highest BCUT2D eigenvalue weighted by Crippen LogP contribution is 2.38. The molecular formula is C23H26BN5O4. The first-order valence-corrected chi connectivity index (χ1v) is 10.8. The summed E-state index contributed by atoms with van der Waals surface area (Å²) in [7, 11) is 5.13. The summed E-state index contributed by atoms with van der Waals surface area (Å²) in [5, 5.41) is 7.62. The first-order valence-electron chi connectivity index (χ1n) is 10.8. The Morgan fingerprint density at radius 2 is 2.06 bits per heavy atom. The standard InChI is InChI=1S/C23H26BN5O4/c1-28(13-20(31)33-2)19-5-3-4-16(24)21(19)23(14-30)6-8-29(9-7-23)22(32)17-10-15-11-26-27-18(15)12-25-17/h3-5,10-12,14H,6-9,13,24H2,1-2H3,(H,26,27). The van der Waals surface area contributed by atoms with Crippen molar-refractivity contribution in [1.82, 2.24) is 20.1 Å². The second-order valence-corrected chi connectivity index (χ2v) is 8.49. The summed E-state index contributed by atoms with van der Waals surface area (Å²) in [4.78, 5) is 45.3. The highest BCUT2D eigenvalue weighted by Gasteiger charge is 2.40. The Morgan fingerprint density at radius 3 is 2.76 bits per heavy atom. The number of anilines is 1. The maximum Gasteiger partial charge on any atom is 0.325 e. The fourth-order valence-electron chi connectivity index (χ4n) is 4.62. The van der Waals surface area contributed by atoms with E-state index in [1.54, 1.807) is 28.3 Å². The van der Waals surface area contributed by atoms with E-state index in [-0.39, 0.29) is 18.4 Å². The molecule has 170 valence electrons. The van der Waals surface area contributed by atoms with Crippen LogP contribution in [0.1, 0.15) is 28.9 Å². The van der Waals surface area contributed by atoms with Gasteiger partial charge in [-0.2, -0.15) is 5.10 Å². The first kappa shape index (κ1) is 22.5. The third-order valence-electron chi connectivity index (χ3n) is 6.47. The summed E-state index contributed by atoms with van der Waals surface area (Å²) in [6.45, 7) is 0.934. The maximum absolute atomic E-state index is 13.1. The molecule has 1 saturated heterocycles. The molecule has 0 radical (unpaired) electrons. The van der Waals surface area contributed by atoms with Gasteiger partial charge in [0.1, 0.15) is 26.4 Å². The summed E-state index contributed by atoms with van der Waals surface area (Å²) in [6.07, 6.45) is 5.24. The number of likely N-dealkylation sites (N-methyl/N-ethyl adjacent to an activating group) is 1. The number of aromatic nitrogens is 3. The van der Waals surface area contributed by atoms with Crippen LogP contribution >= 0.6 is 0 Å². The van der Waals surface area contributed by atoms with Crippen molar-refractivity contribution in [2.75, 3.05) is 38.7 Å². The number of nitrogens with one attached hydrogen (secondary N) is 1. The molecule has 1 aliphatic heterocycles. The minimum atomic E-state index is -0.746. The largest absolute Gasteiger partial charge is 0.468 e. The van der Waals surface area contributed by atoms with Crippen molar-refractivity contribution in [2.45, 2.75) is 18.3 Å². The Balaban J connectivity index is 1.58. The zero-order valence-corrected chi connectivity index (χ0v) is 19.0. The Bertz CT molecular complexity index is 1200. The van der Waals surface area contributed by atoms with Crippen molar-refractivity contribution in [2.24, 2.45) is 0 Å². The monoisotopic (exact) mass is 447 g/mol. The number of aromatic amines is 1. The molecule has 1 aromatic carbocycles. The van der Waals surface area contributed by atoms with Gasteiger partial charge in [-0.25, -0.2) is 4.98 Å². The van der Waals surface area contributed by atoms with Crippen LogP contribution in [0.5, 0.6) is 0 Å². The Labute approximate surface area is 192 Å². The van der Waals surface area contributed by atoms with Crippen molar-refractivity contribution in [3.8, 4) is 0 Å². The molecule has 4 rings (SSSR count). The van der Waals surface area contributed by atoms with Crippen LogP contribution in [-0.4, -0.2) is 79.9 Å². The molecule has 0 atom stereocenters. The molecule has 1 aliphatic rings. The number of H-pyrrole nitrogens is 1. The number of hydrogen-bond donors (Lipinski definition) is 1. The van der Waals surface area contributed by atoms with Crippen LogP contribution in [0.4, 0.5) is 5.69 Å².